The average molecular weight is 550 g/mol. The van der Waals surface area contributed by atoms with Crippen LogP contribution >= 0.6 is 0 Å². The van der Waals surface area contributed by atoms with E-state index in [1.807, 2.05) is 39.8 Å². The predicted molar refractivity (Wildman–Crippen MR) is 160 cm³/mol. The van der Waals surface area contributed by atoms with Crippen molar-refractivity contribution in [3.63, 3.8) is 0 Å². The molecule has 7 heteroatoms. The van der Waals surface area contributed by atoms with E-state index < -0.39 is 23.5 Å². The Morgan fingerprint density at radius 3 is 2.48 bits per heavy atom. The molecule has 0 amide bonds. The van der Waals surface area contributed by atoms with Gasteiger partial charge in [-0.15, -0.1) is 0 Å². The Hall–Kier alpha value is -3.71. The maximum absolute atomic E-state index is 15.4. The van der Waals surface area contributed by atoms with Gasteiger partial charge in [-0.1, -0.05) is 44.7 Å². The summed E-state index contributed by atoms with van der Waals surface area (Å²) in [5.74, 6) is -1.52. The number of benzene rings is 2. The van der Waals surface area contributed by atoms with Crippen molar-refractivity contribution in [2.75, 3.05) is 6.61 Å². The molecule has 0 aliphatic carbocycles. The van der Waals surface area contributed by atoms with Crippen LogP contribution in [-0.2, 0) is 23.0 Å². The van der Waals surface area contributed by atoms with Crippen LogP contribution in [0.1, 0.15) is 76.5 Å². The van der Waals surface area contributed by atoms with Gasteiger partial charge in [0.2, 0.25) is 0 Å². The molecule has 0 saturated heterocycles. The number of carboxylic acids is 1. The number of hydrogen-bond acceptors (Lipinski definition) is 4. The minimum atomic E-state index is -1.47. The van der Waals surface area contributed by atoms with Gasteiger partial charge in [-0.05, 0) is 87.2 Å². The fourth-order valence-electron chi connectivity index (χ4n) is 5.20. The highest BCUT2D eigenvalue weighted by Gasteiger charge is 2.34. The van der Waals surface area contributed by atoms with E-state index in [2.05, 4.69) is 6.58 Å². The largest absolute Gasteiger partial charge is 0.490 e. The van der Waals surface area contributed by atoms with Gasteiger partial charge in [-0.25, -0.2) is 9.18 Å². The molecule has 0 bridgehead atoms. The number of aromatic nitrogens is 1. The van der Waals surface area contributed by atoms with Crippen LogP contribution in [0.25, 0.3) is 27.5 Å². The number of ether oxygens (including phenoxy) is 2. The van der Waals surface area contributed by atoms with Crippen molar-refractivity contribution in [2.45, 2.75) is 73.0 Å². The molecule has 40 heavy (non-hydrogen) atoms. The molecule has 2 heterocycles. The van der Waals surface area contributed by atoms with E-state index in [0.29, 0.717) is 34.9 Å². The van der Waals surface area contributed by atoms with Gasteiger partial charge in [0.25, 0.3) is 5.56 Å². The Bertz CT molecular complexity index is 1540. The van der Waals surface area contributed by atoms with Gasteiger partial charge in [0, 0.05) is 23.6 Å². The van der Waals surface area contributed by atoms with Crippen molar-refractivity contribution in [3.05, 3.63) is 81.6 Å². The zero-order chi connectivity index (χ0) is 29.9. The molecule has 1 aliphatic heterocycles. The van der Waals surface area contributed by atoms with Crippen molar-refractivity contribution >= 4 is 22.3 Å². The quantitative estimate of drug-likeness (QED) is 0.322. The van der Waals surface area contributed by atoms with Gasteiger partial charge in [0.1, 0.15) is 0 Å². The third kappa shape index (κ3) is 5.75. The van der Waals surface area contributed by atoms with Gasteiger partial charge in [-0.2, -0.15) is 0 Å². The maximum Gasteiger partial charge on any atom is 0.339 e. The molecule has 0 radical (unpaired) electrons. The summed E-state index contributed by atoms with van der Waals surface area (Å²) in [6.07, 6.45) is 3.52. The second-order valence-electron chi connectivity index (χ2n) is 10.6. The van der Waals surface area contributed by atoms with Crippen molar-refractivity contribution in [3.8, 4) is 16.9 Å². The summed E-state index contributed by atoms with van der Waals surface area (Å²) in [5, 5.41) is 11.2. The first kappa shape index (κ1) is 30.8. The van der Waals surface area contributed by atoms with Crippen LogP contribution in [0.3, 0.4) is 0 Å². The van der Waals surface area contributed by atoms with E-state index in [0.717, 1.165) is 28.7 Å². The standard InChI is InChI=1S/C31H34FNO5.C2H6/c1-8-18(9-2)19-12-13-21-23(15-19)29(34)33(7)26(28(30(35)36)38-31(4,5)6)25(21)22-16-24(32)27-20(17(22)3)11-10-14-37-27;1-2/h8-9,12-13,15-16,28H,1,10-11,14H2,2-7H3,(H,35,36);1-2H3/b18-9+;/t28-;/m0./s1. The van der Waals surface area contributed by atoms with E-state index in [-0.39, 0.29) is 17.0 Å². The van der Waals surface area contributed by atoms with E-state index in [1.54, 1.807) is 39.0 Å². The maximum atomic E-state index is 15.4. The molecular formula is C33H40FNO5. The predicted octanol–water partition coefficient (Wildman–Crippen LogP) is 7.53. The number of carboxylic acid groups (broad SMARTS) is 1. The third-order valence-corrected chi connectivity index (χ3v) is 6.96. The van der Waals surface area contributed by atoms with E-state index in [4.69, 9.17) is 9.47 Å². The van der Waals surface area contributed by atoms with E-state index >= 15 is 4.39 Å². The minimum absolute atomic E-state index is 0.159. The van der Waals surface area contributed by atoms with Crippen LogP contribution in [0.15, 0.2) is 47.8 Å². The van der Waals surface area contributed by atoms with Gasteiger partial charge in [-0.3, -0.25) is 4.79 Å². The van der Waals surface area contributed by atoms with Gasteiger partial charge < -0.3 is 19.1 Å². The zero-order valence-corrected chi connectivity index (χ0v) is 24.8. The summed E-state index contributed by atoms with van der Waals surface area (Å²) in [6.45, 7) is 17.3. The lowest BCUT2D eigenvalue weighted by Crippen LogP contribution is -2.33. The molecule has 0 unspecified atom stereocenters. The number of carbonyl (C=O) groups is 1. The van der Waals surface area contributed by atoms with Gasteiger partial charge >= 0.3 is 5.97 Å². The lowest BCUT2D eigenvalue weighted by molar-refractivity contribution is -0.161. The smallest absolute Gasteiger partial charge is 0.339 e. The highest BCUT2D eigenvalue weighted by molar-refractivity contribution is 6.01. The van der Waals surface area contributed by atoms with Gasteiger partial charge in [0.15, 0.2) is 17.7 Å². The van der Waals surface area contributed by atoms with E-state index in [9.17, 15) is 14.7 Å². The van der Waals surface area contributed by atoms with Crippen molar-refractivity contribution in [1.29, 1.82) is 0 Å². The SMILES string of the molecule is C=C/C(=C\C)c1ccc2c(-c3cc(F)c4c(c3C)CCCO4)c([C@H](OC(C)(C)C)C(=O)O)n(C)c(=O)c2c1.CC. The summed E-state index contributed by atoms with van der Waals surface area (Å²) in [4.78, 5) is 26.3. The molecule has 6 nitrogen and oxygen atoms in total. The lowest BCUT2D eigenvalue weighted by atomic mass is 9.87. The monoisotopic (exact) mass is 549 g/mol. The van der Waals surface area contributed by atoms with Crippen molar-refractivity contribution < 1.29 is 23.8 Å². The number of hydrogen-bond donors (Lipinski definition) is 1. The number of pyridine rings is 1. The fourth-order valence-corrected chi connectivity index (χ4v) is 5.20. The molecule has 1 N–H and O–H groups in total. The lowest BCUT2D eigenvalue weighted by Gasteiger charge is -2.29. The Labute approximate surface area is 235 Å². The number of halogens is 1. The summed E-state index contributed by atoms with van der Waals surface area (Å²) in [6, 6.07) is 6.81. The molecule has 1 aromatic heterocycles. The van der Waals surface area contributed by atoms with E-state index in [1.165, 1.54) is 17.7 Å². The Morgan fingerprint density at radius 1 is 1.23 bits per heavy atom. The Balaban J connectivity index is 0.00000216. The second-order valence-corrected chi connectivity index (χ2v) is 10.6. The Kier molecular flexibility index (Phi) is 9.41. The molecule has 2 aromatic carbocycles. The average Bonchev–Trinajstić information content (AvgIpc) is 2.93. The summed E-state index contributed by atoms with van der Waals surface area (Å²) < 4.78 is 28.4. The van der Waals surface area contributed by atoms with Crippen LogP contribution in [0.5, 0.6) is 5.75 Å². The highest BCUT2D eigenvalue weighted by atomic mass is 19.1. The Morgan fingerprint density at radius 2 is 1.90 bits per heavy atom. The van der Waals surface area contributed by atoms with Crippen LogP contribution in [-0.4, -0.2) is 27.9 Å². The molecule has 1 aliphatic rings. The molecule has 0 spiro atoms. The van der Waals surface area contributed by atoms with Crippen molar-refractivity contribution in [1.82, 2.24) is 4.57 Å². The first-order valence-electron chi connectivity index (χ1n) is 13.7. The third-order valence-electron chi connectivity index (χ3n) is 6.96. The van der Waals surface area contributed by atoms with Crippen LogP contribution in [0, 0.1) is 12.7 Å². The molecule has 0 saturated carbocycles. The molecular weight excluding hydrogens is 509 g/mol. The first-order valence-corrected chi connectivity index (χ1v) is 13.7. The molecule has 214 valence electrons. The number of fused-ring (bicyclic) bond motifs is 2. The fraction of sp³-hybridized carbons (Fsp3) is 0.394. The van der Waals surface area contributed by atoms with Crippen LogP contribution in [0.2, 0.25) is 0 Å². The first-order chi connectivity index (χ1) is 18.9. The number of aliphatic carboxylic acids is 1. The summed E-state index contributed by atoms with van der Waals surface area (Å²) >= 11 is 0. The zero-order valence-electron chi connectivity index (χ0n) is 24.8. The summed E-state index contributed by atoms with van der Waals surface area (Å²) in [7, 11) is 1.53. The molecule has 3 aromatic rings. The normalized spacial score (nSPS) is 14.1. The summed E-state index contributed by atoms with van der Waals surface area (Å²) in [5.41, 5.74) is 3.11. The minimum Gasteiger partial charge on any atom is -0.490 e. The molecule has 0 fully saturated rings. The van der Waals surface area contributed by atoms with Crippen LogP contribution < -0.4 is 10.3 Å². The van der Waals surface area contributed by atoms with Crippen molar-refractivity contribution in [2.24, 2.45) is 7.05 Å². The number of rotatable bonds is 6. The number of allylic oxidation sites excluding steroid dienone is 3. The van der Waals surface area contributed by atoms with Crippen LogP contribution in [0.4, 0.5) is 4.39 Å². The van der Waals surface area contributed by atoms with Gasteiger partial charge in [0.05, 0.1) is 17.9 Å². The number of nitrogens with zero attached hydrogens (tertiary/aromatic N) is 1. The highest BCUT2D eigenvalue weighted by Crippen LogP contribution is 2.43. The second kappa shape index (κ2) is 12.2. The molecule has 4 rings (SSSR count). The molecule has 1 atom stereocenters. The topological polar surface area (TPSA) is 77.8 Å².